The number of carbonyl (C=O) groups is 4. The van der Waals surface area contributed by atoms with E-state index in [0.717, 1.165) is 6.42 Å². The molecule has 3 atom stereocenters. The Kier molecular flexibility index (Phi) is 7.55. The second kappa shape index (κ2) is 10.3. The van der Waals surface area contributed by atoms with Gasteiger partial charge in [0.05, 0.1) is 25.1 Å². The second-order valence-corrected chi connectivity index (χ2v) is 8.21. The van der Waals surface area contributed by atoms with Crippen molar-refractivity contribution in [2.24, 2.45) is 5.92 Å². The normalized spacial score (nSPS) is 22.3. The third-order valence-corrected chi connectivity index (χ3v) is 6.07. The van der Waals surface area contributed by atoms with Gasteiger partial charge in [0.2, 0.25) is 17.6 Å². The van der Waals surface area contributed by atoms with Gasteiger partial charge in [-0.05, 0) is 44.2 Å². The van der Waals surface area contributed by atoms with E-state index in [2.05, 4.69) is 15.6 Å². The fourth-order valence-electron chi connectivity index (χ4n) is 4.34. The number of nitrogens with two attached hydrogens (primary N) is 1. The van der Waals surface area contributed by atoms with E-state index in [1.165, 1.54) is 14.0 Å². The van der Waals surface area contributed by atoms with Crippen LogP contribution in [0.2, 0.25) is 0 Å². The lowest BCUT2D eigenvalue weighted by atomic mass is 10.1. The molecule has 0 radical (unpaired) electrons. The summed E-state index contributed by atoms with van der Waals surface area (Å²) in [4.78, 5) is 54.8. The molecule has 10 nitrogen and oxygen atoms in total. The van der Waals surface area contributed by atoms with Gasteiger partial charge in [0.15, 0.2) is 0 Å². The molecule has 1 aromatic rings. The Morgan fingerprint density at radius 3 is 2.75 bits per heavy atom. The Morgan fingerprint density at radius 1 is 1.25 bits per heavy atom. The topological polar surface area (TPSA) is 143 Å². The number of amides is 2. The molecule has 0 bridgehead atoms. The van der Waals surface area contributed by atoms with Crippen molar-refractivity contribution in [1.82, 2.24) is 15.2 Å². The number of hydrogen-bond donors (Lipinski definition) is 3. The summed E-state index contributed by atoms with van der Waals surface area (Å²) < 4.78 is 4.79. The number of rotatable bonds is 8. The highest BCUT2D eigenvalue weighted by molar-refractivity contribution is 6.43. The third-order valence-electron chi connectivity index (χ3n) is 6.07. The van der Waals surface area contributed by atoms with Crippen molar-refractivity contribution < 1.29 is 29.3 Å². The number of ether oxygens (including phenoxy) is 1. The van der Waals surface area contributed by atoms with Gasteiger partial charge in [-0.2, -0.15) is 0 Å². The lowest BCUT2D eigenvalue weighted by molar-refractivity contribution is -0.145. The van der Waals surface area contributed by atoms with E-state index in [1.54, 1.807) is 23.2 Å². The van der Waals surface area contributed by atoms with Crippen LogP contribution < -0.4 is 16.0 Å². The van der Waals surface area contributed by atoms with Crippen molar-refractivity contribution in [3.63, 3.8) is 0 Å². The van der Waals surface area contributed by atoms with Crippen molar-refractivity contribution in [3.8, 4) is 0 Å². The maximum absolute atomic E-state index is 12.9. The lowest BCUT2D eigenvalue weighted by Crippen LogP contribution is -2.49. The molecule has 0 spiro atoms. The van der Waals surface area contributed by atoms with Crippen LogP contribution in [0, 0.1) is 5.92 Å². The van der Waals surface area contributed by atoms with Crippen molar-refractivity contribution in [2.75, 3.05) is 25.5 Å². The molecule has 4 N–H and O–H groups in total. The molecule has 10 heteroatoms. The van der Waals surface area contributed by atoms with Gasteiger partial charge < -0.3 is 20.3 Å². The molecular weight excluding hydrogens is 414 g/mol. The molecule has 1 saturated carbocycles. The molecule has 2 aliphatic rings. The first-order chi connectivity index (χ1) is 15.3. The molecule has 2 amide bonds. The van der Waals surface area contributed by atoms with Gasteiger partial charge in [-0.15, -0.1) is 0 Å². The van der Waals surface area contributed by atoms with Crippen LogP contribution in [0.15, 0.2) is 18.3 Å². The monoisotopic (exact) mass is 444 g/mol. The Labute approximate surface area is 186 Å². The summed E-state index contributed by atoms with van der Waals surface area (Å²) >= 11 is 0. The van der Waals surface area contributed by atoms with Crippen molar-refractivity contribution in [2.45, 2.75) is 51.1 Å². The zero-order valence-corrected chi connectivity index (χ0v) is 18.4. The number of ketones is 1. The number of methoxy groups -OCH3 is 1. The number of hydrogen-bond acceptors (Lipinski definition) is 7. The summed E-state index contributed by atoms with van der Waals surface area (Å²) in [7, 11) is 1.37. The first-order valence-electron chi connectivity index (χ1n) is 10.8. The van der Waals surface area contributed by atoms with E-state index in [9.17, 15) is 19.2 Å². The predicted molar refractivity (Wildman–Crippen MR) is 115 cm³/mol. The lowest BCUT2D eigenvalue weighted by Gasteiger charge is -2.26. The minimum Gasteiger partial charge on any atom is -0.469 e. The average Bonchev–Trinajstić information content (AvgIpc) is 3.46. The SMILES string of the molecule is COC(=O)[C@@H]1CC[C@@H](NC(=O)[C@@H]2CCCN2C(=O)CNc2ncccc2C(=[NH2+])C(C)=O)C1. The zero-order valence-electron chi connectivity index (χ0n) is 18.4. The van der Waals surface area contributed by atoms with Crippen LogP contribution in [-0.4, -0.2) is 71.4 Å². The molecule has 172 valence electrons. The van der Waals surface area contributed by atoms with Crippen molar-refractivity contribution in [3.05, 3.63) is 23.9 Å². The number of carbonyl (C=O) groups excluding carboxylic acids is 4. The van der Waals surface area contributed by atoms with E-state index in [-0.39, 0.29) is 47.8 Å². The quantitative estimate of drug-likeness (QED) is 0.347. The first-order valence-corrected chi connectivity index (χ1v) is 10.8. The van der Waals surface area contributed by atoms with Crippen molar-refractivity contribution >= 4 is 35.1 Å². The minimum atomic E-state index is -0.543. The van der Waals surface area contributed by atoms with E-state index in [1.807, 2.05) is 0 Å². The van der Waals surface area contributed by atoms with Gasteiger partial charge in [-0.25, -0.2) is 4.98 Å². The molecule has 2 heterocycles. The number of Topliss-reactive ketones (excluding diaryl/α,β-unsaturated/α-hetero) is 1. The van der Waals surface area contributed by atoms with Crippen LogP contribution in [0.3, 0.4) is 0 Å². The maximum Gasteiger partial charge on any atom is 0.308 e. The van der Waals surface area contributed by atoms with Crippen molar-refractivity contribution in [1.29, 1.82) is 0 Å². The summed E-state index contributed by atoms with van der Waals surface area (Å²) in [5.74, 6) is -0.818. The summed E-state index contributed by atoms with van der Waals surface area (Å²) in [5.41, 5.74) is 0.498. The van der Waals surface area contributed by atoms with Gasteiger partial charge in [0.1, 0.15) is 11.9 Å². The zero-order chi connectivity index (χ0) is 23.3. The van der Waals surface area contributed by atoms with Crippen LogP contribution in [0.4, 0.5) is 5.82 Å². The van der Waals surface area contributed by atoms with Crippen LogP contribution in [0.1, 0.15) is 44.6 Å². The van der Waals surface area contributed by atoms with Crippen LogP contribution in [0.5, 0.6) is 0 Å². The molecule has 1 aromatic heterocycles. The Balaban J connectivity index is 1.57. The molecule has 0 aromatic carbocycles. The van der Waals surface area contributed by atoms with Crippen LogP contribution in [0.25, 0.3) is 0 Å². The van der Waals surface area contributed by atoms with Crippen LogP contribution in [-0.2, 0) is 23.9 Å². The van der Waals surface area contributed by atoms with Gasteiger partial charge >= 0.3 is 5.97 Å². The summed E-state index contributed by atoms with van der Waals surface area (Å²) in [6.07, 6.45) is 4.81. The highest BCUT2D eigenvalue weighted by Gasteiger charge is 2.37. The maximum atomic E-state index is 12.9. The first kappa shape index (κ1) is 23.4. The third kappa shape index (κ3) is 5.30. The predicted octanol–water partition coefficient (Wildman–Crippen LogP) is -0.920. The van der Waals surface area contributed by atoms with E-state index in [0.29, 0.717) is 43.6 Å². The second-order valence-electron chi connectivity index (χ2n) is 8.21. The van der Waals surface area contributed by atoms with Gasteiger partial charge in [0.25, 0.3) is 5.71 Å². The Bertz CT molecular complexity index is 918. The highest BCUT2D eigenvalue weighted by atomic mass is 16.5. The standard InChI is InChI=1S/C22H29N5O5/c1-13(28)19(23)16-5-3-9-24-20(16)25-12-18(29)27-10-4-6-17(27)21(30)26-15-8-7-14(11-15)22(31)32-2/h3,5,9,14-15,17,23H,4,6-8,10-12H2,1-2H3,(H,24,25)(H,26,30)/p+1/t14-,15-,17+/m1/s1. The summed E-state index contributed by atoms with van der Waals surface area (Å²) in [6, 6.07) is 2.68. The van der Waals surface area contributed by atoms with Gasteiger partial charge in [0, 0.05) is 25.7 Å². The Morgan fingerprint density at radius 2 is 2.03 bits per heavy atom. The van der Waals surface area contributed by atoms with Gasteiger partial charge in [-0.3, -0.25) is 24.6 Å². The fourth-order valence-corrected chi connectivity index (χ4v) is 4.34. The number of nitrogens with zero attached hydrogens (tertiary/aromatic N) is 2. The molecule has 0 unspecified atom stereocenters. The van der Waals surface area contributed by atoms with E-state index >= 15 is 0 Å². The summed E-state index contributed by atoms with van der Waals surface area (Å²) in [6.45, 7) is 1.78. The average molecular weight is 445 g/mol. The number of anilines is 1. The molecule has 1 saturated heterocycles. The van der Waals surface area contributed by atoms with E-state index in [4.69, 9.17) is 10.1 Å². The molecule has 1 aliphatic heterocycles. The number of nitrogens with one attached hydrogen (secondary N) is 2. The molecular formula is C22H30N5O5+. The number of esters is 1. The fraction of sp³-hybridized carbons (Fsp3) is 0.545. The summed E-state index contributed by atoms with van der Waals surface area (Å²) in [5, 5.41) is 11.8. The number of likely N-dealkylation sites (tertiary alicyclic amines) is 1. The molecule has 3 rings (SSSR count). The number of pyridine rings is 1. The van der Waals surface area contributed by atoms with Gasteiger partial charge in [-0.1, -0.05) is 0 Å². The molecule has 2 fully saturated rings. The van der Waals surface area contributed by atoms with Crippen LogP contribution >= 0.6 is 0 Å². The Hall–Kier alpha value is -3.30. The number of aromatic nitrogens is 1. The molecule has 32 heavy (non-hydrogen) atoms. The molecule has 1 aliphatic carbocycles. The smallest absolute Gasteiger partial charge is 0.308 e. The highest BCUT2D eigenvalue weighted by Crippen LogP contribution is 2.27. The van der Waals surface area contributed by atoms with E-state index < -0.39 is 6.04 Å². The largest absolute Gasteiger partial charge is 0.469 e. The minimum absolute atomic E-state index is 0.0632.